The lowest BCUT2D eigenvalue weighted by atomic mass is 9.83. The second kappa shape index (κ2) is 28.3. The number of likely N-dealkylation sites (tertiary alicyclic amines) is 2. The molecule has 0 aromatic heterocycles. The van der Waals surface area contributed by atoms with E-state index in [4.69, 9.17) is 9.47 Å². The Hall–Kier alpha value is -6.16. The number of nitrogens with zero attached hydrogens (tertiary/aromatic N) is 4. The van der Waals surface area contributed by atoms with Crippen molar-refractivity contribution in [1.29, 1.82) is 0 Å². The molecule has 3 N–H and O–H groups in total. The lowest BCUT2D eigenvalue weighted by molar-refractivity contribution is -0.140. The molecule has 15 heteroatoms. The summed E-state index contributed by atoms with van der Waals surface area (Å²) in [6.07, 6.45) is 11.7. The minimum atomic E-state index is -0.679. The molecule has 79 heavy (non-hydrogen) atoms. The van der Waals surface area contributed by atoms with E-state index < -0.39 is 18.1 Å². The van der Waals surface area contributed by atoms with Gasteiger partial charge in [0.1, 0.15) is 12.1 Å². The predicted octanol–water partition coefficient (Wildman–Crippen LogP) is 7.84. The van der Waals surface area contributed by atoms with Crippen LogP contribution in [-0.4, -0.2) is 158 Å². The normalized spacial score (nSPS) is 21.2. The number of carbonyl (C=O) groups is 6. The summed E-state index contributed by atoms with van der Waals surface area (Å²) in [6, 6.07) is 28.9. The van der Waals surface area contributed by atoms with Crippen LogP contribution in [0.25, 0.3) is 10.8 Å². The van der Waals surface area contributed by atoms with Crippen LogP contribution in [0.3, 0.4) is 0 Å². The van der Waals surface area contributed by atoms with Crippen LogP contribution in [0.15, 0.2) is 97.1 Å². The van der Waals surface area contributed by atoms with Crippen LogP contribution in [0, 0.1) is 17.8 Å². The highest BCUT2D eigenvalue weighted by Crippen LogP contribution is 2.33. The van der Waals surface area contributed by atoms with Crippen LogP contribution in [0.2, 0.25) is 0 Å². The molecule has 7 atom stereocenters. The first-order valence-electron chi connectivity index (χ1n) is 29.4. The van der Waals surface area contributed by atoms with Crippen molar-refractivity contribution in [3.63, 3.8) is 0 Å². The summed E-state index contributed by atoms with van der Waals surface area (Å²) >= 11 is 0. The zero-order valence-electron chi connectivity index (χ0n) is 47.7. The molecule has 0 spiro atoms. The molecule has 15 nitrogen and oxygen atoms in total. The maximum Gasteiger partial charge on any atom is 0.253 e. The molecule has 8 rings (SSSR count). The fourth-order valence-electron chi connectivity index (χ4n) is 12.5. The molecule has 2 saturated carbocycles. The molecule has 4 fully saturated rings. The standard InChI is InChI=1S/C64H87N7O8/c1-43(2)59(72)66-57(47-23-15-9-16-24-47)63(76)70-41-55(78-5)37-53(70)39-68(33-31-45-19-11-7-12-20-45)61(74)51-29-27-50-36-52(30-28-49(50)35-51)62(75)69(34-32-46-21-13-8-14-22-46)40-54-38-56(79-6)42-71(54)64(77)58(48-25-17-10-18-26-48)67-60(73)44(3)65-4/h7-8,11-14,19-22,27-30,35-36,43-44,47-48,53-58,65H,9-10,15-18,23-26,31-34,37-42H2,1-6H3,(H,66,72)(H,67,73)/t44-,53-,54-,55+,56+,57-,58-/m0/s1. The van der Waals surface area contributed by atoms with Gasteiger partial charge in [0.2, 0.25) is 23.6 Å². The van der Waals surface area contributed by atoms with Gasteiger partial charge in [-0.15, -0.1) is 0 Å². The average molecular weight is 1080 g/mol. The van der Waals surface area contributed by atoms with Crippen LogP contribution in [-0.2, 0) is 41.5 Å². The van der Waals surface area contributed by atoms with E-state index in [-0.39, 0.29) is 90.6 Å². The van der Waals surface area contributed by atoms with Gasteiger partial charge in [-0.3, -0.25) is 28.8 Å². The number of methoxy groups -OCH3 is 2. The second-order valence-corrected chi connectivity index (χ2v) is 23.2. The summed E-state index contributed by atoms with van der Waals surface area (Å²) in [7, 11) is 5.06. The third-order valence-electron chi connectivity index (χ3n) is 17.5. The Bertz CT molecular complexity index is 2680. The minimum absolute atomic E-state index is 0.0185. The quantitative estimate of drug-likeness (QED) is 0.0670. The topological polar surface area (TPSA) is 170 Å². The molecule has 2 aliphatic carbocycles. The monoisotopic (exact) mass is 1080 g/mol. The fourth-order valence-corrected chi connectivity index (χ4v) is 12.5. The van der Waals surface area contributed by atoms with Crippen molar-refractivity contribution in [2.24, 2.45) is 17.8 Å². The van der Waals surface area contributed by atoms with Crippen molar-refractivity contribution in [3.8, 4) is 0 Å². The number of hydrogen-bond acceptors (Lipinski definition) is 9. The first kappa shape index (κ1) is 59.0. The highest BCUT2D eigenvalue weighted by molar-refractivity contribution is 6.02. The fraction of sp³-hybridized carbons (Fsp3) is 0.562. The first-order chi connectivity index (χ1) is 38.2. The van der Waals surface area contributed by atoms with E-state index in [1.807, 2.05) is 106 Å². The maximum absolute atomic E-state index is 15.0. The zero-order valence-corrected chi connectivity index (χ0v) is 47.7. The van der Waals surface area contributed by atoms with Gasteiger partial charge >= 0.3 is 0 Å². The van der Waals surface area contributed by atoms with Gasteiger partial charge in [-0.2, -0.15) is 0 Å². The van der Waals surface area contributed by atoms with Gasteiger partial charge in [-0.1, -0.05) is 125 Å². The number of likely N-dealkylation sites (N-methyl/N-ethyl adjacent to an activating group) is 1. The Labute approximate surface area is 468 Å². The molecule has 4 aromatic rings. The molecule has 6 amide bonds. The summed E-state index contributed by atoms with van der Waals surface area (Å²) in [6.45, 7) is 7.63. The third-order valence-corrected chi connectivity index (χ3v) is 17.5. The Balaban J connectivity index is 1.04. The SMILES string of the molecule is CN[C@@H](C)C(=O)N[C@H](C(=O)N1C[C@H](OC)C[C@H]1CN(CCc1ccccc1)C(=O)c1ccc2cc(C(=O)N(CCc3ccccc3)C[C@@H]3C[C@@H](OC)CN3C(=O)[C@@H](NC(=O)C(C)C)C3CCCCC3)ccc2c1)C1CCCCC1. The average Bonchev–Trinajstić information content (AvgIpc) is 4.21. The molecule has 0 bridgehead atoms. The summed E-state index contributed by atoms with van der Waals surface area (Å²) in [5.74, 6) is -1.11. The molecular formula is C64H87N7O8. The Morgan fingerprint density at radius 1 is 0.557 bits per heavy atom. The molecule has 2 saturated heterocycles. The highest BCUT2D eigenvalue weighted by Gasteiger charge is 2.44. The number of carbonyl (C=O) groups excluding carboxylic acids is 6. The van der Waals surface area contributed by atoms with E-state index in [1.165, 1.54) is 0 Å². The number of ether oxygens (including phenoxy) is 2. The second-order valence-electron chi connectivity index (χ2n) is 23.2. The number of rotatable bonds is 23. The molecule has 2 heterocycles. The Morgan fingerprint density at radius 3 is 1.34 bits per heavy atom. The lowest BCUT2D eigenvalue weighted by Crippen LogP contribution is -2.57. The Kier molecular flexibility index (Phi) is 21.1. The van der Waals surface area contributed by atoms with Crippen molar-refractivity contribution in [2.75, 3.05) is 60.5 Å². The molecule has 4 aliphatic rings. The maximum atomic E-state index is 15.0. The third kappa shape index (κ3) is 15.2. The van der Waals surface area contributed by atoms with E-state index >= 15 is 9.59 Å². The number of amides is 6. The van der Waals surface area contributed by atoms with Crippen molar-refractivity contribution < 1.29 is 38.2 Å². The summed E-state index contributed by atoms with van der Waals surface area (Å²) in [5, 5.41) is 10.9. The van der Waals surface area contributed by atoms with Crippen LogP contribution < -0.4 is 16.0 Å². The van der Waals surface area contributed by atoms with Gasteiger partial charge in [0, 0.05) is 70.5 Å². The smallest absolute Gasteiger partial charge is 0.253 e. The van der Waals surface area contributed by atoms with Gasteiger partial charge < -0.3 is 45.0 Å². The first-order valence-corrected chi connectivity index (χ1v) is 29.4. The van der Waals surface area contributed by atoms with Crippen LogP contribution >= 0.6 is 0 Å². The molecule has 426 valence electrons. The van der Waals surface area contributed by atoms with Gasteiger partial charge in [0.15, 0.2) is 0 Å². The largest absolute Gasteiger partial charge is 0.380 e. The summed E-state index contributed by atoms with van der Waals surface area (Å²) < 4.78 is 11.8. The van der Waals surface area contributed by atoms with Crippen molar-refractivity contribution in [3.05, 3.63) is 119 Å². The van der Waals surface area contributed by atoms with Crippen LogP contribution in [0.5, 0.6) is 0 Å². The molecule has 0 unspecified atom stereocenters. The van der Waals surface area contributed by atoms with Crippen LogP contribution in [0.4, 0.5) is 0 Å². The zero-order chi connectivity index (χ0) is 56.0. The molecule has 0 radical (unpaired) electrons. The predicted molar refractivity (Wildman–Crippen MR) is 308 cm³/mol. The molecule has 2 aliphatic heterocycles. The van der Waals surface area contributed by atoms with Gasteiger partial charge in [0.25, 0.3) is 11.8 Å². The van der Waals surface area contributed by atoms with Crippen LogP contribution in [0.1, 0.15) is 130 Å². The summed E-state index contributed by atoms with van der Waals surface area (Å²) in [4.78, 5) is 93.8. The minimum Gasteiger partial charge on any atom is -0.380 e. The number of nitrogens with one attached hydrogen (secondary N) is 3. The number of fused-ring (bicyclic) bond motifs is 1. The Morgan fingerprint density at radius 2 is 0.962 bits per heavy atom. The summed E-state index contributed by atoms with van der Waals surface area (Å²) in [5.41, 5.74) is 3.17. The number of benzene rings is 4. The van der Waals surface area contributed by atoms with E-state index in [9.17, 15) is 19.2 Å². The molecule has 4 aromatic carbocycles. The lowest BCUT2D eigenvalue weighted by Gasteiger charge is -2.37. The van der Waals surface area contributed by atoms with Gasteiger partial charge in [-0.25, -0.2) is 0 Å². The highest BCUT2D eigenvalue weighted by atomic mass is 16.5. The van der Waals surface area contributed by atoms with Crippen molar-refractivity contribution in [2.45, 2.75) is 153 Å². The van der Waals surface area contributed by atoms with Gasteiger partial charge in [-0.05, 0) is 123 Å². The van der Waals surface area contributed by atoms with Crippen molar-refractivity contribution in [1.82, 2.24) is 35.6 Å². The van der Waals surface area contributed by atoms with E-state index in [1.54, 1.807) is 28.2 Å². The van der Waals surface area contributed by atoms with E-state index in [0.29, 0.717) is 63.0 Å². The van der Waals surface area contributed by atoms with Crippen molar-refractivity contribution >= 4 is 46.2 Å². The van der Waals surface area contributed by atoms with Gasteiger partial charge in [0.05, 0.1) is 30.3 Å². The number of hydrogen-bond donors (Lipinski definition) is 3. The molecular weight excluding hydrogens is 995 g/mol. The van der Waals surface area contributed by atoms with E-state index in [0.717, 1.165) is 86.1 Å². The van der Waals surface area contributed by atoms with E-state index in [2.05, 4.69) is 40.2 Å².